The van der Waals surface area contributed by atoms with Crippen LogP contribution in [0.2, 0.25) is 0 Å². The molecule has 0 saturated carbocycles. The molecule has 3 nitrogen and oxygen atoms in total. The van der Waals surface area contributed by atoms with Gasteiger partial charge >= 0.3 is 0 Å². The first-order chi connectivity index (χ1) is 8.67. The molecule has 1 aromatic heterocycles. The molecule has 96 valence electrons. The number of hydrogen-bond acceptors (Lipinski definition) is 1. The van der Waals surface area contributed by atoms with E-state index in [-0.39, 0.29) is 5.91 Å². The molecule has 0 unspecified atom stereocenters. The molecule has 0 aliphatic rings. The summed E-state index contributed by atoms with van der Waals surface area (Å²) in [5.74, 6) is 0.164. The zero-order chi connectivity index (χ0) is 13.1. The fraction of sp³-hybridized carbons (Fsp3) is 0.357. The molecule has 1 amide bonds. The van der Waals surface area contributed by atoms with Crippen molar-refractivity contribution < 1.29 is 4.79 Å². The summed E-state index contributed by atoms with van der Waals surface area (Å²) in [5.41, 5.74) is 1.09. The number of hydrogen-bond donors (Lipinski definition) is 0. The molecule has 1 heterocycles. The topological polar surface area (TPSA) is 25.2 Å². The van der Waals surface area contributed by atoms with E-state index < -0.39 is 0 Å². The Labute approximate surface area is 116 Å². The first-order valence-electron chi connectivity index (χ1n) is 6.18. The van der Waals surface area contributed by atoms with Gasteiger partial charge < -0.3 is 9.47 Å². The second kappa shape index (κ2) is 5.57. The van der Waals surface area contributed by atoms with Gasteiger partial charge in [0.1, 0.15) is 6.54 Å². The maximum atomic E-state index is 12.1. The van der Waals surface area contributed by atoms with Crippen LogP contribution in [0.25, 0.3) is 10.9 Å². The summed E-state index contributed by atoms with van der Waals surface area (Å²) in [6, 6.07) is 8.08. The highest BCUT2D eigenvalue weighted by Crippen LogP contribution is 2.24. The van der Waals surface area contributed by atoms with E-state index in [4.69, 9.17) is 0 Å². The molecule has 0 saturated heterocycles. The van der Waals surface area contributed by atoms with Crippen molar-refractivity contribution in [3.63, 3.8) is 0 Å². The van der Waals surface area contributed by atoms with Gasteiger partial charge in [0, 0.05) is 34.7 Å². The minimum atomic E-state index is 0.164. The average molecular weight is 309 g/mol. The van der Waals surface area contributed by atoms with Crippen LogP contribution in [0.15, 0.2) is 34.9 Å². The van der Waals surface area contributed by atoms with E-state index in [0.29, 0.717) is 6.54 Å². The number of benzene rings is 1. The van der Waals surface area contributed by atoms with Crippen LogP contribution in [0.1, 0.15) is 13.8 Å². The molecular formula is C14H17BrN2O. The van der Waals surface area contributed by atoms with Gasteiger partial charge in [0.2, 0.25) is 5.91 Å². The first kappa shape index (κ1) is 13.1. The largest absolute Gasteiger partial charge is 0.342 e. The second-order valence-corrected chi connectivity index (χ2v) is 5.04. The van der Waals surface area contributed by atoms with Gasteiger partial charge in [-0.05, 0) is 32.0 Å². The second-order valence-electron chi connectivity index (χ2n) is 4.18. The number of halogens is 1. The quantitative estimate of drug-likeness (QED) is 0.851. The van der Waals surface area contributed by atoms with Gasteiger partial charge in [-0.25, -0.2) is 0 Å². The molecule has 2 aromatic rings. The molecule has 18 heavy (non-hydrogen) atoms. The van der Waals surface area contributed by atoms with Gasteiger partial charge in [-0.15, -0.1) is 0 Å². The van der Waals surface area contributed by atoms with Crippen LogP contribution in [0.4, 0.5) is 0 Å². The SMILES string of the molecule is CCN(CC)C(=O)Cn1ccc2c(Br)cccc21. The minimum Gasteiger partial charge on any atom is -0.342 e. The van der Waals surface area contributed by atoms with Crippen molar-refractivity contribution >= 4 is 32.7 Å². The van der Waals surface area contributed by atoms with E-state index in [1.54, 1.807) is 0 Å². The van der Waals surface area contributed by atoms with Crippen molar-refractivity contribution in [1.29, 1.82) is 0 Å². The smallest absolute Gasteiger partial charge is 0.242 e. The number of carbonyl (C=O) groups excluding carboxylic acids is 1. The maximum absolute atomic E-state index is 12.1. The minimum absolute atomic E-state index is 0.164. The Kier molecular flexibility index (Phi) is 4.07. The first-order valence-corrected chi connectivity index (χ1v) is 6.97. The van der Waals surface area contributed by atoms with E-state index in [1.165, 1.54) is 0 Å². The number of carbonyl (C=O) groups is 1. The molecule has 0 aliphatic heterocycles. The lowest BCUT2D eigenvalue weighted by Gasteiger charge is -2.19. The monoisotopic (exact) mass is 308 g/mol. The highest BCUT2D eigenvalue weighted by Gasteiger charge is 2.12. The van der Waals surface area contributed by atoms with Crippen LogP contribution >= 0.6 is 15.9 Å². The van der Waals surface area contributed by atoms with Gasteiger partial charge in [-0.1, -0.05) is 22.0 Å². The third-order valence-corrected chi connectivity index (χ3v) is 3.87. The Bertz CT molecular complexity index is 558. The van der Waals surface area contributed by atoms with Crippen molar-refractivity contribution in [3.8, 4) is 0 Å². The highest BCUT2D eigenvalue weighted by molar-refractivity contribution is 9.10. The Morgan fingerprint density at radius 1 is 1.28 bits per heavy atom. The summed E-state index contributed by atoms with van der Waals surface area (Å²) in [5, 5.41) is 1.14. The molecule has 0 atom stereocenters. The van der Waals surface area contributed by atoms with Crippen molar-refractivity contribution in [1.82, 2.24) is 9.47 Å². The third-order valence-electron chi connectivity index (χ3n) is 3.18. The normalized spacial score (nSPS) is 10.8. The highest BCUT2D eigenvalue weighted by atomic mass is 79.9. The lowest BCUT2D eigenvalue weighted by molar-refractivity contribution is -0.131. The molecule has 1 aromatic carbocycles. The van der Waals surface area contributed by atoms with E-state index >= 15 is 0 Å². The molecule has 0 spiro atoms. The average Bonchev–Trinajstić information content (AvgIpc) is 2.76. The van der Waals surface area contributed by atoms with Gasteiger partial charge in [0.15, 0.2) is 0 Å². The Hall–Kier alpha value is -1.29. The molecule has 0 radical (unpaired) electrons. The third kappa shape index (κ3) is 2.43. The summed E-state index contributed by atoms with van der Waals surface area (Å²) in [7, 11) is 0. The molecule has 0 aliphatic carbocycles. The maximum Gasteiger partial charge on any atom is 0.242 e. The summed E-state index contributed by atoms with van der Waals surface area (Å²) in [6.45, 7) is 5.94. The number of fused-ring (bicyclic) bond motifs is 1. The lowest BCUT2D eigenvalue weighted by atomic mass is 10.2. The predicted octanol–water partition coefficient (Wildman–Crippen LogP) is 3.27. The molecular weight excluding hydrogens is 292 g/mol. The van der Waals surface area contributed by atoms with Crippen LogP contribution in [0.5, 0.6) is 0 Å². The van der Waals surface area contributed by atoms with E-state index in [9.17, 15) is 4.79 Å². The van der Waals surface area contributed by atoms with E-state index in [1.807, 2.05) is 53.8 Å². The van der Waals surface area contributed by atoms with Gasteiger partial charge in [0.05, 0.1) is 0 Å². The molecule has 0 N–H and O–H groups in total. The van der Waals surface area contributed by atoms with Crippen LogP contribution in [0.3, 0.4) is 0 Å². The predicted molar refractivity (Wildman–Crippen MR) is 77.6 cm³/mol. The summed E-state index contributed by atoms with van der Waals surface area (Å²) in [6.07, 6.45) is 1.97. The fourth-order valence-electron chi connectivity index (χ4n) is 2.15. The number of rotatable bonds is 4. The van der Waals surface area contributed by atoms with Gasteiger partial charge in [-0.2, -0.15) is 0 Å². The van der Waals surface area contributed by atoms with E-state index in [2.05, 4.69) is 15.9 Å². The molecule has 4 heteroatoms. The number of amides is 1. The standard InChI is InChI=1S/C14H17BrN2O/c1-3-16(4-2)14(18)10-17-9-8-11-12(15)6-5-7-13(11)17/h5-9H,3-4,10H2,1-2H3. The zero-order valence-electron chi connectivity index (χ0n) is 10.7. The number of nitrogens with zero attached hydrogens (tertiary/aromatic N) is 2. The fourth-order valence-corrected chi connectivity index (χ4v) is 2.63. The van der Waals surface area contributed by atoms with Crippen molar-refractivity contribution in [3.05, 3.63) is 34.9 Å². The van der Waals surface area contributed by atoms with Crippen LogP contribution in [-0.4, -0.2) is 28.5 Å². The Morgan fingerprint density at radius 3 is 2.67 bits per heavy atom. The van der Waals surface area contributed by atoms with Crippen LogP contribution < -0.4 is 0 Å². The van der Waals surface area contributed by atoms with Crippen molar-refractivity contribution in [2.24, 2.45) is 0 Å². The zero-order valence-corrected chi connectivity index (χ0v) is 12.3. The lowest BCUT2D eigenvalue weighted by Crippen LogP contribution is -2.33. The molecule has 2 rings (SSSR count). The van der Waals surface area contributed by atoms with Gasteiger partial charge in [0.25, 0.3) is 0 Å². The summed E-state index contributed by atoms with van der Waals surface area (Å²) < 4.78 is 3.06. The van der Waals surface area contributed by atoms with Crippen LogP contribution in [0, 0.1) is 0 Å². The summed E-state index contributed by atoms with van der Waals surface area (Å²) in [4.78, 5) is 13.9. The summed E-state index contributed by atoms with van der Waals surface area (Å²) >= 11 is 3.52. The van der Waals surface area contributed by atoms with E-state index in [0.717, 1.165) is 28.5 Å². The van der Waals surface area contributed by atoms with Crippen LogP contribution in [-0.2, 0) is 11.3 Å². The van der Waals surface area contributed by atoms with Crippen molar-refractivity contribution in [2.45, 2.75) is 20.4 Å². The Morgan fingerprint density at radius 2 is 2.00 bits per heavy atom. The molecule has 0 bridgehead atoms. The van der Waals surface area contributed by atoms with Gasteiger partial charge in [-0.3, -0.25) is 4.79 Å². The molecule has 0 fully saturated rings. The number of aromatic nitrogens is 1. The Balaban J connectivity index is 2.27. The van der Waals surface area contributed by atoms with Crippen molar-refractivity contribution in [2.75, 3.05) is 13.1 Å². The number of likely N-dealkylation sites (N-methyl/N-ethyl adjacent to an activating group) is 1.